The zero-order valence-corrected chi connectivity index (χ0v) is 9.63. The molecule has 0 aromatic carbocycles. The number of ether oxygens (including phenoxy) is 1. The highest BCUT2D eigenvalue weighted by Crippen LogP contribution is 2.14. The summed E-state index contributed by atoms with van der Waals surface area (Å²) in [6.45, 7) is 2.65. The van der Waals surface area contributed by atoms with E-state index in [0.717, 1.165) is 12.2 Å². The van der Waals surface area contributed by atoms with Gasteiger partial charge in [-0.05, 0) is 6.54 Å². The molecule has 0 bridgehead atoms. The summed E-state index contributed by atoms with van der Waals surface area (Å²) < 4.78 is 41.8. The van der Waals surface area contributed by atoms with Gasteiger partial charge in [0.1, 0.15) is 6.61 Å². The van der Waals surface area contributed by atoms with Gasteiger partial charge in [0.2, 0.25) is 0 Å². The van der Waals surface area contributed by atoms with Crippen LogP contribution in [0.3, 0.4) is 0 Å². The van der Waals surface area contributed by atoms with Crippen molar-refractivity contribution in [1.29, 1.82) is 0 Å². The number of aromatic nitrogens is 2. The molecule has 0 saturated heterocycles. The van der Waals surface area contributed by atoms with Crippen molar-refractivity contribution >= 4 is 0 Å². The summed E-state index contributed by atoms with van der Waals surface area (Å²) in [5.74, 6) is 0. The SMILES string of the molecule is CCNCc1cncn1CCOCC(F)(F)F. The summed E-state index contributed by atoms with van der Waals surface area (Å²) in [5.41, 5.74) is 0.933. The number of hydrogen-bond acceptors (Lipinski definition) is 3. The summed E-state index contributed by atoms with van der Waals surface area (Å²) >= 11 is 0. The predicted octanol–water partition coefficient (Wildman–Crippen LogP) is 1.57. The summed E-state index contributed by atoms with van der Waals surface area (Å²) in [7, 11) is 0. The third kappa shape index (κ3) is 5.69. The van der Waals surface area contributed by atoms with E-state index in [1.54, 1.807) is 17.1 Å². The summed E-state index contributed by atoms with van der Waals surface area (Å²) in [6.07, 6.45) is -0.989. The molecule has 0 amide bonds. The fourth-order valence-electron chi connectivity index (χ4n) is 1.30. The molecule has 1 aromatic heterocycles. The maximum absolute atomic E-state index is 11.8. The summed E-state index contributed by atoms with van der Waals surface area (Å²) in [4.78, 5) is 3.95. The van der Waals surface area contributed by atoms with E-state index in [1.165, 1.54) is 0 Å². The standard InChI is InChI=1S/C10H16F3N3O/c1-2-14-5-9-6-15-8-16(9)3-4-17-7-10(11,12)13/h6,8,14H,2-5,7H2,1H3. The molecule has 7 heteroatoms. The first-order valence-electron chi connectivity index (χ1n) is 5.37. The second-order valence-corrected chi connectivity index (χ2v) is 3.53. The number of halogens is 3. The number of nitrogens with one attached hydrogen (secondary N) is 1. The minimum atomic E-state index is -4.26. The van der Waals surface area contributed by atoms with Crippen molar-refractivity contribution in [3.05, 3.63) is 18.2 Å². The lowest BCUT2D eigenvalue weighted by molar-refractivity contribution is -0.174. The number of hydrogen-bond donors (Lipinski definition) is 1. The van der Waals surface area contributed by atoms with Gasteiger partial charge in [-0.3, -0.25) is 0 Å². The molecule has 17 heavy (non-hydrogen) atoms. The fraction of sp³-hybridized carbons (Fsp3) is 0.700. The lowest BCUT2D eigenvalue weighted by atomic mass is 10.4. The molecule has 0 radical (unpaired) electrons. The number of rotatable bonds is 7. The van der Waals surface area contributed by atoms with Crippen LogP contribution in [0.4, 0.5) is 13.2 Å². The third-order valence-electron chi connectivity index (χ3n) is 2.10. The summed E-state index contributed by atoms with van der Waals surface area (Å²) in [6, 6.07) is 0. The number of nitrogens with zero attached hydrogens (tertiary/aromatic N) is 2. The quantitative estimate of drug-likeness (QED) is 0.748. The van der Waals surface area contributed by atoms with Gasteiger partial charge in [-0.1, -0.05) is 6.92 Å². The van der Waals surface area contributed by atoms with Crippen molar-refractivity contribution in [3.63, 3.8) is 0 Å². The average molecular weight is 251 g/mol. The van der Waals surface area contributed by atoms with Crippen LogP contribution in [0.2, 0.25) is 0 Å². The molecule has 1 aromatic rings. The van der Waals surface area contributed by atoms with E-state index in [-0.39, 0.29) is 6.61 Å². The molecule has 1 rings (SSSR count). The average Bonchev–Trinajstić information content (AvgIpc) is 2.67. The minimum Gasteiger partial charge on any atom is -0.370 e. The van der Waals surface area contributed by atoms with Gasteiger partial charge in [-0.2, -0.15) is 13.2 Å². The van der Waals surface area contributed by atoms with Gasteiger partial charge in [0.15, 0.2) is 0 Å². The molecular formula is C10H16F3N3O. The second-order valence-electron chi connectivity index (χ2n) is 3.53. The highest BCUT2D eigenvalue weighted by molar-refractivity contribution is 4.97. The Labute approximate surface area is 97.8 Å². The first kappa shape index (κ1) is 14.0. The van der Waals surface area contributed by atoms with E-state index < -0.39 is 12.8 Å². The van der Waals surface area contributed by atoms with E-state index in [2.05, 4.69) is 15.0 Å². The van der Waals surface area contributed by atoms with E-state index in [4.69, 9.17) is 0 Å². The molecule has 1 N–H and O–H groups in total. The zero-order valence-electron chi connectivity index (χ0n) is 9.63. The van der Waals surface area contributed by atoms with Gasteiger partial charge < -0.3 is 14.6 Å². The lowest BCUT2D eigenvalue weighted by Crippen LogP contribution is -2.20. The topological polar surface area (TPSA) is 39.1 Å². The van der Waals surface area contributed by atoms with Crippen molar-refractivity contribution in [1.82, 2.24) is 14.9 Å². The Balaban J connectivity index is 2.29. The van der Waals surface area contributed by atoms with Crippen LogP contribution in [0.25, 0.3) is 0 Å². The van der Waals surface area contributed by atoms with Crippen LogP contribution in [0.15, 0.2) is 12.5 Å². The Morgan fingerprint density at radius 1 is 1.47 bits per heavy atom. The van der Waals surface area contributed by atoms with E-state index in [0.29, 0.717) is 13.1 Å². The third-order valence-corrected chi connectivity index (χ3v) is 2.10. The van der Waals surface area contributed by atoms with E-state index in [9.17, 15) is 13.2 Å². The minimum absolute atomic E-state index is 0.0228. The van der Waals surface area contributed by atoms with Crippen molar-refractivity contribution in [2.24, 2.45) is 0 Å². The monoisotopic (exact) mass is 251 g/mol. The molecule has 0 aliphatic carbocycles. The Kier molecular flexibility index (Phi) is 5.43. The molecule has 98 valence electrons. The van der Waals surface area contributed by atoms with E-state index >= 15 is 0 Å². The van der Waals surface area contributed by atoms with Crippen LogP contribution in [-0.4, -0.2) is 35.5 Å². The Morgan fingerprint density at radius 2 is 2.24 bits per heavy atom. The number of alkyl halides is 3. The van der Waals surface area contributed by atoms with Gasteiger partial charge in [0, 0.05) is 19.3 Å². The van der Waals surface area contributed by atoms with Crippen LogP contribution in [0, 0.1) is 0 Å². The van der Waals surface area contributed by atoms with Crippen LogP contribution in [0.1, 0.15) is 12.6 Å². The normalized spacial score (nSPS) is 12.0. The fourth-order valence-corrected chi connectivity index (χ4v) is 1.30. The first-order chi connectivity index (χ1) is 8.03. The van der Waals surface area contributed by atoms with Crippen LogP contribution < -0.4 is 5.32 Å². The molecule has 0 saturated carbocycles. The molecule has 0 aliphatic heterocycles. The summed E-state index contributed by atoms with van der Waals surface area (Å²) in [5, 5.41) is 3.12. The van der Waals surface area contributed by atoms with E-state index in [1.807, 2.05) is 6.92 Å². The highest BCUT2D eigenvalue weighted by Gasteiger charge is 2.27. The predicted molar refractivity (Wildman–Crippen MR) is 56.5 cm³/mol. The first-order valence-corrected chi connectivity index (χ1v) is 5.37. The molecular weight excluding hydrogens is 235 g/mol. The smallest absolute Gasteiger partial charge is 0.370 e. The van der Waals surface area contributed by atoms with Gasteiger partial charge in [0.05, 0.1) is 18.6 Å². The Hall–Kier alpha value is -1.08. The van der Waals surface area contributed by atoms with Gasteiger partial charge in [0.25, 0.3) is 0 Å². The van der Waals surface area contributed by atoms with Crippen molar-refractivity contribution in [2.75, 3.05) is 19.8 Å². The molecule has 0 atom stereocenters. The second kappa shape index (κ2) is 6.61. The Bertz CT molecular complexity index is 325. The van der Waals surface area contributed by atoms with Crippen molar-refractivity contribution in [2.45, 2.75) is 26.2 Å². The van der Waals surface area contributed by atoms with Gasteiger partial charge in [-0.15, -0.1) is 0 Å². The molecule has 4 nitrogen and oxygen atoms in total. The molecule has 0 spiro atoms. The van der Waals surface area contributed by atoms with Crippen molar-refractivity contribution < 1.29 is 17.9 Å². The van der Waals surface area contributed by atoms with Gasteiger partial charge in [-0.25, -0.2) is 4.98 Å². The molecule has 0 unspecified atom stereocenters. The van der Waals surface area contributed by atoms with Crippen molar-refractivity contribution in [3.8, 4) is 0 Å². The molecule has 0 fully saturated rings. The Morgan fingerprint density at radius 3 is 2.88 bits per heavy atom. The largest absolute Gasteiger partial charge is 0.411 e. The maximum atomic E-state index is 11.8. The number of imidazole rings is 1. The van der Waals surface area contributed by atoms with Crippen LogP contribution >= 0.6 is 0 Å². The zero-order chi connectivity index (χ0) is 12.7. The molecule has 0 aliphatic rings. The van der Waals surface area contributed by atoms with Crippen LogP contribution in [-0.2, 0) is 17.8 Å². The lowest BCUT2D eigenvalue weighted by Gasteiger charge is -2.10. The highest BCUT2D eigenvalue weighted by atomic mass is 19.4. The maximum Gasteiger partial charge on any atom is 0.411 e. The van der Waals surface area contributed by atoms with Crippen LogP contribution in [0.5, 0.6) is 0 Å². The molecule has 1 heterocycles. The van der Waals surface area contributed by atoms with Gasteiger partial charge >= 0.3 is 6.18 Å².